The molecule has 0 spiro atoms. The number of nitrogens with zero attached hydrogens (tertiary/aromatic N) is 2. The third-order valence-electron chi connectivity index (χ3n) is 3.81. The zero-order chi connectivity index (χ0) is 26.0. The molecule has 0 bridgehead atoms. The first-order chi connectivity index (χ1) is 16.1. The molecule has 7 N–H and O–H groups in total. The van der Waals surface area contributed by atoms with E-state index in [4.69, 9.17) is 17.2 Å². The first-order valence-corrected chi connectivity index (χ1v) is 11.4. The highest BCUT2D eigenvalue weighted by Crippen LogP contribution is 2.23. The fourth-order valence-electron chi connectivity index (χ4n) is 2.30. The number of unbranched alkanes of at least 4 members (excludes halogenated alkanes) is 1. The van der Waals surface area contributed by atoms with Crippen LogP contribution in [-0.4, -0.2) is 29.9 Å². The average molecular weight is 503 g/mol. The van der Waals surface area contributed by atoms with Crippen LogP contribution >= 0.6 is 11.3 Å². The molecule has 2 rings (SSSR count). The molecule has 1 aromatic carbocycles. The van der Waals surface area contributed by atoms with E-state index in [1.165, 1.54) is 29.5 Å². The number of nitrogen functional groups attached to an aromatic ring is 1. The molecule has 0 aliphatic rings. The van der Waals surface area contributed by atoms with Crippen molar-refractivity contribution in [2.75, 3.05) is 12.8 Å². The Morgan fingerprint density at radius 1 is 1.18 bits per heavy atom. The summed E-state index contributed by atoms with van der Waals surface area (Å²) in [5.41, 5.74) is 18.2. The highest BCUT2D eigenvalue weighted by atomic mass is 32.1. The van der Waals surface area contributed by atoms with Crippen molar-refractivity contribution in [3.8, 4) is 5.75 Å². The van der Waals surface area contributed by atoms with E-state index in [9.17, 15) is 18.0 Å². The van der Waals surface area contributed by atoms with Gasteiger partial charge in [0.15, 0.2) is 0 Å². The standard InChI is InChI=1S/C11H20N6S.C9H7F3O2.C2H6/c1-15-9(13)7-6-8(12)4-2-3-5-10-16-17-11(14)18-10;10-9(11,12)14-8-3-1-2-7(6-8)4-5-13;1-2/h6-7,15H,2-5,12-13H2,1H3,(H2,14,17);1-3,5-6H,4H2;1-2H3/b8-6-,9-7+;;. The van der Waals surface area contributed by atoms with E-state index in [1.54, 1.807) is 19.2 Å². The van der Waals surface area contributed by atoms with Gasteiger partial charge in [0.1, 0.15) is 17.0 Å². The molecule has 0 aliphatic heterocycles. The van der Waals surface area contributed by atoms with Gasteiger partial charge >= 0.3 is 6.36 Å². The van der Waals surface area contributed by atoms with E-state index in [0.717, 1.165) is 36.4 Å². The summed E-state index contributed by atoms with van der Waals surface area (Å²) in [5, 5.41) is 12.1. The number of aldehydes is 1. The largest absolute Gasteiger partial charge is 0.573 e. The number of alkyl halides is 3. The maximum absolute atomic E-state index is 11.8. The van der Waals surface area contributed by atoms with E-state index in [1.807, 2.05) is 19.9 Å². The van der Waals surface area contributed by atoms with Gasteiger partial charge in [-0.3, -0.25) is 0 Å². The van der Waals surface area contributed by atoms with Crippen LogP contribution in [0.5, 0.6) is 5.75 Å². The monoisotopic (exact) mass is 502 g/mol. The zero-order valence-electron chi connectivity index (χ0n) is 19.6. The molecule has 12 heteroatoms. The summed E-state index contributed by atoms with van der Waals surface area (Å²) in [5.74, 6) is 0.291. The number of rotatable bonds is 10. The van der Waals surface area contributed by atoms with E-state index in [0.29, 0.717) is 22.8 Å². The molecule has 34 heavy (non-hydrogen) atoms. The number of hydrogen-bond donors (Lipinski definition) is 4. The molecule has 0 aliphatic carbocycles. The van der Waals surface area contributed by atoms with Crippen LogP contribution in [0.15, 0.2) is 47.9 Å². The number of anilines is 1. The first kappa shape index (κ1) is 30.7. The fourth-order valence-corrected chi connectivity index (χ4v) is 2.95. The van der Waals surface area contributed by atoms with Crippen LogP contribution < -0.4 is 27.3 Å². The van der Waals surface area contributed by atoms with Crippen molar-refractivity contribution >= 4 is 22.8 Å². The Bertz CT molecular complexity index is 901. The van der Waals surface area contributed by atoms with Gasteiger partial charge in [-0.2, -0.15) is 0 Å². The third-order valence-corrected chi connectivity index (χ3v) is 4.62. The lowest BCUT2D eigenvalue weighted by molar-refractivity contribution is -0.274. The van der Waals surface area contributed by atoms with Crippen LogP contribution in [0.25, 0.3) is 0 Å². The number of aryl methyl sites for hydroxylation is 1. The van der Waals surface area contributed by atoms with Crippen LogP contribution in [0.4, 0.5) is 18.3 Å². The number of allylic oxidation sites excluding steroid dienone is 3. The molecule has 1 aromatic heterocycles. The third kappa shape index (κ3) is 15.5. The highest BCUT2D eigenvalue weighted by Gasteiger charge is 2.31. The van der Waals surface area contributed by atoms with E-state index in [-0.39, 0.29) is 12.2 Å². The highest BCUT2D eigenvalue weighted by molar-refractivity contribution is 7.15. The van der Waals surface area contributed by atoms with Gasteiger partial charge in [0, 0.05) is 25.6 Å². The van der Waals surface area contributed by atoms with Crippen LogP contribution in [-0.2, 0) is 17.6 Å². The van der Waals surface area contributed by atoms with Gasteiger partial charge in [0.2, 0.25) is 5.13 Å². The second kappa shape index (κ2) is 17.2. The van der Waals surface area contributed by atoms with Gasteiger partial charge in [-0.1, -0.05) is 37.3 Å². The predicted molar refractivity (Wildman–Crippen MR) is 130 cm³/mol. The summed E-state index contributed by atoms with van der Waals surface area (Å²) >= 11 is 1.44. The minimum atomic E-state index is -4.69. The molecule has 0 atom stereocenters. The summed E-state index contributed by atoms with van der Waals surface area (Å²) in [6.07, 6.45) is 3.37. The SMILES string of the molecule is CC.CN/C(N)=C/C=C(\N)CCCCc1nnc(N)s1.O=CCc1cccc(OC(F)(F)F)c1. The predicted octanol–water partition coefficient (Wildman–Crippen LogP) is 4.05. The summed E-state index contributed by atoms with van der Waals surface area (Å²) in [7, 11) is 1.77. The molecule has 0 radical (unpaired) electrons. The van der Waals surface area contributed by atoms with E-state index < -0.39 is 6.36 Å². The Morgan fingerprint density at radius 3 is 2.44 bits per heavy atom. The lowest BCUT2D eigenvalue weighted by Crippen LogP contribution is -2.17. The lowest BCUT2D eigenvalue weighted by Gasteiger charge is -2.08. The van der Waals surface area contributed by atoms with Crippen LogP contribution in [0, 0.1) is 0 Å². The molecule has 2 aromatic rings. The molecule has 1 heterocycles. The zero-order valence-corrected chi connectivity index (χ0v) is 20.4. The van der Waals surface area contributed by atoms with Crippen molar-refractivity contribution in [3.63, 3.8) is 0 Å². The number of ether oxygens (including phenoxy) is 1. The molecule has 0 saturated carbocycles. The second-order valence-electron chi connectivity index (χ2n) is 6.42. The topological polar surface area (TPSA) is 142 Å². The minimum absolute atomic E-state index is 0.0784. The molecule has 0 fully saturated rings. The van der Waals surface area contributed by atoms with Crippen LogP contribution in [0.3, 0.4) is 0 Å². The summed E-state index contributed by atoms with van der Waals surface area (Å²) < 4.78 is 39.0. The minimum Gasteiger partial charge on any atom is -0.406 e. The maximum atomic E-state index is 11.8. The summed E-state index contributed by atoms with van der Waals surface area (Å²) in [4.78, 5) is 10.1. The number of halogens is 3. The van der Waals surface area contributed by atoms with Gasteiger partial charge in [0.05, 0.1) is 5.82 Å². The fraction of sp³-hybridized carbons (Fsp3) is 0.409. The molecule has 190 valence electrons. The summed E-state index contributed by atoms with van der Waals surface area (Å²) in [6.45, 7) is 4.00. The molecule has 0 unspecified atom stereocenters. The molecule has 0 saturated heterocycles. The maximum Gasteiger partial charge on any atom is 0.573 e. The van der Waals surface area contributed by atoms with Crippen molar-refractivity contribution in [1.82, 2.24) is 15.5 Å². The van der Waals surface area contributed by atoms with Crippen LogP contribution in [0.1, 0.15) is 43.7 Å². The number of aromatic nitrogens is 2. The van der Waals surface area contributed by atoms with Gasteiger partial charge in [-0.05, 0) is 49.1 Å². The number of hydrogen-bond acceptors (Lipinski definition) is 9. The Hall–Kier alpha value is -3.28. The summed E-state index contributed by atoms with van der Waals surface area (Å²) in [6, 6.07) is 5.32. The Labute approximate surface area is 202 Å². The van der Waals surface area contributed by atoms with Gasteiger partial charge < -0.3 is 32.0 Å². The number of carbonyl (C=O) groups excluding carboxylic acids is 1. The van der Waals surface area contributed by atoms with Crippen molar-refractivity contribution in [3.05, 3.63) is 58.5 Å². The number of nitrogens with two attached hydrogens (primary N) is 3. The van der Waals surface area contributed by atoms with Gasteiger partial charge in [0.25, 0.3) is 0 Å². The number of nitrogens with one attached hydrogen (secondary N) is 1. The smallest absolute Gasteiger partial charge is 0.406 e. The number of benzene rings is 1. The first-order valence-electron chi connectivity index (χ1n) is 10.6. The van der Waals surface area contributed by atoms with E-state index in [2.05, 4.69) is 20.3 Å². The normalized spacial score (nSPS) is 11.5. The molecule has 8 nitrogen and oxygen atoms in total. The average Bonchev–Trinajstić information content (AvgIpc) is 3.21. The van der Waals surface area contributed by atoms with Crippen molar-refractivity contribution in [1.29, 1.82) is 0 Å². The van der Waals surface area contributed by atoms with Gasteiger partial charge in [-0.25, -0.2) is 0 Å². The lowest BCUT2D eigenvalue weighted by atomic mass is 10.1. The van der Waals surface area contributed by atoms with Gasteiger partial charge in [-0.15, -0.1) is 23.4 Å². The molecule has 0 amide bonds. The van der Waals surface area contributed by atoms with Crippen molar-refractivity contribution in [2.45, 2.75) is 52.3 Å². The van der Waals surface area contributed by atoms with Crippen molar-refractivity contribution < 1.29 is 22.7 Å². The molecular weight excluding hydrogens is 469 g/mol. The van der Waals surface area contributed by atoms with Crippen LogP contribution in [0.2, 0.25) is 0 Å². The second-order valence-corrected chi connectivity index (χ2v) is 7.51. The van der Waals surface area contributed by atoms with Crippen molar-refractivity contribution in [2.24, 2.45) is 11.5 Å². The number of carbonyl (C=O) groups is 1. The molecular formula is C22H33F3N6O2S. The Morgan fingerprint density at radius 2 is 1.88 bits per heavy atom. The van der Waals surface area contributed by atoms with E-state index >= 15 is 0 Å². The Balaban J connectivity index is 0.000000613. The quantitative estimate of drug-likeness (QED) is 0.217. The Kier molecular flexibility index (Phi) is 15.6.